The first kappa shape index (κ1) is 23.8. The third-order valence-electron chi connectivity index (χ3n) is 7.21. The molecule has 4 heterocycles. The summed E-state index contributed by atoms with van der Waals surface area (Å²) in [5, 5.41) is 14.2. The highest BCUT2D eigenvalue weighted by molar-refractivity contribution is 6.11. The quantitative estimate of drug-likeness (QED) is 0.370. The minimum Gasteiger partial charge on any atom is -0.478 e. The fourth-order valence-corrected chi connectivity index (χ4v) is 5.65. The number of rotatable bonds is 5. The minimum atomic E-state index is -1.05. The largest absolute Gasteiger partial charge is 0.478 e. The van der Waals surface area contributed by atoms with Gasteiger partial charge >= 0.3 is 5.97 Å². The van der Waals surface area contributed by atoms with E-state index in [2.05, 4.69) is 36.0 Å². The molecule has 0 unspecified atom stereocenters. The first-order valence-electron chi connectivity index (χ1n) is 12.6. The maximum Gasteiger partial charge on any atom is 0.336 e. The summed E-state index contributed by atoms with van der Waals surface area (Å²) in [7, 11) is 0. The lowest BCUT2D eigenvalue weighted by molar-refractivity contribution is -0.139. The van der Waals surface area contributed by atoms with E-state index in [1.165, 1.54) is 17.9 Å². The van der Waals surface area contributed by atoms with Crippen molar-refractivity contribution in [3.05, 3.63) is 89.0 Å². The van der Waals surface area contributed by atoms with Gasteiger partial charge in [-0.05, 0) is 41.8 Å². The molecule has 0 saturated carbocycles. The van der Waals surface area contributed by atoms with Gasteiger partial charge < -0.3 is 19.4 Å². The summed E-state index contributed by atoms with van der Waals surface area (Å²) in [6.45, 7) is 6.64. The number of carbonyl (C=O) groups excluding carboxylic acids is 2. The van der Waals surface area contributed by atoms with Crippen molar-refractivity contribution < 1.29 is 23.9 Å². The SMILES string of the molecule is CC(=O)N1CC2=C(C1=O)[C@@H](c1ccc(-c3ccccc3C(=O)O)o1)c1cn(CC(C)C)c3cccc(c13)N2. The fraction of sp³-hybridized carbons (Fsp3) is 0.233. The molecular weight excluding hydrogens is 482 g/mol. The first-order valence-corrected chi connectivity index (χ1v) is 12.6. The fourth-order valence-electron chi connectivity index (χ4n) is 5.65. The average molecular weight is 510 g/mol. The lowest BCUT2D eigenvalue weighted by Crippen LogP contribution is -2.33. The smallest absolute Gasteiger partial charge is 0.336 e. The van der Waals surface area contributed by atoms with Gasteiger partial charge in [-0.25, -0.2) is 4.79 Å². The van der Waals surface area contributed by atoms with Crippen LogP contribution in [-0.4, -0.2) is 38.9 Å². The number of aromatic carboxylic acids is 1. The molecule has 2 aromatic heterocycles. The van der Waals surface area contributed by atoms with E-state index in [0.717, 1.165) is 28.7 Å². The zero-order valence-corrected chi connectivity index (χ0v) is 21.3. The Bertz CT molecular complexity index is 1670. The van der Waals surface area contributed by atoms with Gasteiger partial charge in [0.15, 0.2) is 0 Å². The third kappa shape index (κ3) is 3.63. The molecule has 2 aromatic carbocycles. The van der Waals surface area contributed by atoms with E-state index in [1.54, 1.807) is 30.3 Å². The van der Waals surface area contributed by atoms with Crippen LogP contribution >= 0.6 is 0 Å². The van der Waals surface area contributed by atoms with Gasteiger partial charge in [0.05, 0.1) is 29.1 Å². The summed E-state index contributed by atoms with van der Waals surface area (Å²) in [5.74, 6) is -1.01. The number of carbonyl (C=O) groups is 3. The molecule has 38 heavy (non-hydrogen) atoms. The number of nitrogens with zero attached hydrogens (tertiary/aromatic N) is 2. The Morgan fingerprint density at radius 2 is 1.89 bits per heavy atom. The Hall–Kier alpha value is -4.59. The summed E-state index contributed by atoms with van der Waals surface area (Å²) >= 11 is 0. The number of aromatic nitrogens is 1. The van der Waals surface area contributed by atoms with Crippen molar-refractivity contribution in [2.45, 2.75) is 33.2 Å². The second kappa shape index (κ2) is 8.76. The monoisotopic (exact) mass is 509 g/mol. The number of hydrogen-bond donors (Lipinski definition) is 2. The van der Waals surface area contributed by atoms with Gasteiger partial charge in [-0.1, -0.05) is 38.1 Å². The molecule has 2 amide bonds. The molecule has 6 rings (SSSR count). The van der Waals surface area contributed by atoms with Crippen molar-refractivity contribution >= 4 is 34.4 Å². The maximum absolute atomic E-state index is 13.7. The molecule has 0 fully saturated rings. The second-order valence-corrected chi connectivity index (χ2v) is 10.2. The highest BCUT2D eigenvalue weighted by atomic mass is 16.4. The Morgan fingerprint density at radius 1 is 1.11 bits per heavy atom. The lowest BCUT2D eigenvalue weighted by atomic mass is 9.88. The van der Waals surface area contributed by atoms with Crippen LogP contribution in [0.5, 0.6) is 0 Å². The van der Waals surface area contributed by atoms with Crippen LogP contribution in [-0.2, 0) is 16.1 Å². The highest BCUT2D eigenvalue weighted by Gasteiger charge is 2.43. The topological polar surface area (TPSA) is 105 Å². The number of carboxylic acid groups (broad SMARTS) is 1. The van der Waals surface area contributed by atoms with Gasteiger partial charge in [0.2, 0.25) is 5.91 Å². The Kier molecular flexibility index (Phi) is 5.48. The molecular formula is C30H27N3O5. The van der Waals surface area contributed by atoms with Crippen molar-refractivity contribution in [1.82, 2.24) is 9.47 Å². The van der Waals surface area contributed by atoms with Crippen LogP contribution in [0.15, 0.2) is 76.5 Å². The van der Waals surface area contributed by atoms with E-state index < -0.39 is 11.9 Å². The van der Waals surface area contributed by atoms with E-state index in [1.807, 2.05) is 12.1 Å². The van der Waals surface area contributed by atoms with E-state index in [4.69, 9.17) is 4.42 Å². The van der Waals surface area contributed by atoms with Gasteiger partial charge in [-0.15, -0.1) is 0 Å². The molecule has 0 radical (unpaired) electrons. The highest BCUT2D eigenvalue weighted by Crippen LogP contribution is 2.47. The number of furan rings is 1. The Balaban J connectivity index is 1.58. The predicted molar refractivity (Wildman–Crippen MR) is 143 cm³/mol. The molecule has 2 N–H and O–H groups in total. The van der Waals surface area contributed by atoms with Gasteiger partial charge in [0.1, 0.15) is 11.5 Å². The van der Waals surface area contributed by atoms with E-state index in [-0.39, 0.29) is 23.9 Å². The first-order chi connectivity index (χ1) is 18.2. The molecule has 4 aromatic rings. The van der Waals surface area contributed by atoms with Gasteiger partial charge in [-0.2, -0.15) is 0 Å². The average Bonchev–Trinajstić information content (AvgIpc) is 3.55. The van der Waals surface area contributed by atoms with Crippen LogP contribution in [0.1, 0.15) is 48.4 Å². The maximum atomic E-state index is 13.7. The number of benzene rings is 2. The van der Waals surface area contributed by atoms with E-state index in [9.17, 15) is 19.5 Å². The van der Waals surface area contributed by atoms with Crippen LogP contribution in [0.3, 0.4) is 0 Å². The molecule has 192 valence electrons. The number of amides is 2. The summed E-state index contributed by atoms with van der Waals surface area (Å²) in [6.07, 6.45) is 2.08. The molecule has 2 aliphatic rings. The molecule has 2 aliphatic heterocycles. The van der Waals surface area contributed by atoms with Crippen LogP contribution in [0.25, 0.3) is 22.2 Å². The summed E-state index contributed by atoms with van der Waals surface area (Å²) in [6, 6.07) is 16.2. The normalized spacial score (nSPS) is 16.7. The zero-order valence-electron chi connectivity index (χ0n) is 21.3. The van der Waals surface area contributed by atoms with Crippen LogP contribution in [0, 0.1) is 5.92 Å². The van der Waals surface area contributed by atoms with Gasteiger partial charge in [-0.3, -0.25) is 14.5 Å². The number of anilines is 1. The standard InChI is InChI=1S/C30H27N3O5/c1-16(2)13-32-14-20-26-21(9-6-10-23(26)32)31-22-15-33(17(3)34)29(35)28(22)27(20)25-12-11-24(38-25)18-7-4-5-8-19(18)30(36)37/h4-12,14,16,27,31H,13,15H2,1-3H3,(H,36,37)/t27-/m1/s1. The number of hydrogen-bond acceptors (Lipinski definition) is 5. The van der Waals surface area contributed by atoms with E-state index >= 15 is 0 Å². The van der Waals surface area contributed by atoms with Crippen molar-refractivity contribution in [1.29, 1.82) is 0 Å². The lowest BCUT2D eigenvalue weighted by Gasteiger charge is -2.17. The number of carboxylic acids is 1. The van der Waals surface area contributed by atoms with Crippen molar-refractivity contribution in [2.24, 2.45) is 5.92 Å². The molecule has 0 bridgehead atoms. The minimum absolute atomic E-state index is 0.131. The third-order valence-corrected chi connectivity index (χ3v) is 7.21. The van der Waals surface area contributed by atoms with Crippen LogP contribution < -0.4 is 5.32 Å². The van der Waals surface area contributed by atoms with Crippen LogP contribution in [0.2, 0.25) is 0 Å². The molecule has 0 saturated heterocycles. The number of imide groups is 1. The predicted octanol–water partition coefficient (Wildman–Crippen LogP) is 5.46. The Labute approximate surface area is 219 Å². The Morgan fingerprint density at radius 3 is 2.63 bits per heavy atom. The van der Waals surface area contributed by atoms with Crippen LogP contribution in [0.4, 0.5) is 5.69 Å². The molecule has 0 spiro atoms. The van der Waals surface area contributed by atoms with Crippen molar-refractivity contribution in [3.63, 3.8) is 0 Å². The van der Waals surface area contributed by atoms with E-state index in [0.29, 0.717) is 34.3 Å². The second-order valence-electron chi connectivity index (χ2n) is 10.2. The summed E-state index contributed by atoms with van der Waals surface area (Å²) < 4.78 is 8.55. The number of nitrogens with one attached hydrogen (secondary N) is 1. The molecule has 0 aliphatic carbocycles. The van der Waals surface area contributed by atoms with Crippen molar-refractivity contribution in [2.75, 3.05) is 11.9 Å². The molecule has 8 heteroatoms. The molecule has 8 nitrogen and oxygen atoms in total. The van der Waals surface area contributed by atoms with Gasteiger partial charge in [0, 0.05) is 42.0 Å². The van der Waals surface area contributed by atoms with Crippen molar-refractivity contribution in [3.8, 4) is 11.3 Å². The molecule has 1 atom stereocenters. The summed E-state index contributed by atoms with van der Waals surface area (Å²) in [5.41, 5.74) is 4.54. The summed E-state index contributed by atoms with van der Waals surface area (Å²) in [4.78, 5) is 39.1. The zero-order chi connectivity index (χ0) is 26.7. The van der Waals surface area contributed by atoms with Gasteiger partial charge in [0.25, 0.3) is 5.91 Å².